The molecule has 0 aliphatic rings. The van der Waals surface area contributed by atoms with Gasteiger partial charge in [-0.3, -0.25) is 4.57 Å². The Bertz CT molecular complexity index is 1330. The van der Waals surface area contributed by atoms with Crippen LogP contribution in [0.5, 0.6) is 11.6 Å². The predicted octanol–water partition coefficient (Wildman–Crippen LogP) is 6.35. The van der Waals surface area contributed by atoms with Gasteiger partial charge in [0.25, 0.3) is 0 Å². The van der Waals surface area contributed by atoms with E-state index in [1.807, 2.05) is 23.6 Å². The largest absolute Gasteiger partial charge is 0.437 e. The lowest BCUT2D eigenvalue weighted by Gasteiger charge is -2.11. The third-order valence-corrected chi connectivity index (χ3v) is 6.35. The number of rotatable bonds is 5. The van der Waals surface area contributed by atoms with Crippen LogP contribution in [0, 0.1) is 6.92 Å². The number of aromatic nitrogens is 2. The zero-order chi connectivity index (χ0) is 22.2. The van der Waals surface area contributed by atoms with Gasteiger partial charge in [0.2, 0.25) is 5.88 Å². The highest BCUT2D eigenvalue weighted by Gasteiger charge is 2.19. The van der Waals surface area contributed by atoms with Gasteiger partial charge in [0, 0.05) is 27.6 Å². The second kappa shape index (κ2) is 8.38. The Balaban J connectivity index is 1.84. The Morgan fingerprint density at radius 3 is 1.94 bits per heavy atom. The fourth-order valence-electron chi connectivity index (χ4n) is 3.14. The van der Waals surface area contributed by atoms with Crippen molar-refractivity contribution in [2.75, 3.05) is 6.26 Å². The van der Waals surface area contributed by atoms with E-state index in [4.69, 9.17) is 32.9 Å². The van der Waals surface area contributed by atoms with Gasteiger partial charge in [0.05, 0.1) is 10.6 Å². The van der Waals surface area contributed by atoms with Crippen LogP contribution >= 0.6 is 23.2 Å². The molecule has 31 heavy (non-hydrogen) atoms. The molecule has 0 unspecified atom stereocenters. The van der Waals surface area contributed by atoms with Crippen LogP contribution in [0.15, 0.2) is 77.7 Å². The first-order chi connectivity index (χ1) is 14.7. The SMILES string of the molecule is Cc1c(Oc2ccc(Cl)cc2)nc(-c2ccc(Cl)cc2)n1-c1ccc(S(C)(=O)=O)cc1. The van der Waals surface area contributed by atoms with Gasteiger partial charge in [0.1, 0.15) is 11.6 Å². The van der Waals surface area contributed by atoms with Crippen LogP contribution in [0.2, 0.25) is 10.0 Å². The molecule has 0 atom stereocenters. The quantitative estimate of drug-likeness (QED) is 0.339. The standard InChI is InChI=1S/C23H18Cl2N2O3S/c1-15-23(30-20-11-7-18(25)8-12-20)26-22(16-3-5-17(24)6-4-16)27(15)19-9-13-21(14-10-19)31(2,28)29/h3-14H,1-2H3. The topological polar surface area (TPSA) is 61.2 Å². The van der Waals surface area contributed by atoms with Crippen LogP contribution in [0.4, 0.5) is 0 Å². The van der Waals surface area contributed by atoms with Gasteiger partial charge in [-0.2, -0.15) is 4.98 Å². The molecule has 1 aromatic heterocycles. The van der Waals surface area contributed by atoms with E-state index in [9.17, 15) is 8.42 Å². The van der Waals surface area contributed by atoms with Crippen molar-refractivity contribution in [1.82, 2.24) is 9.55 Å². The van der Waals surface area contributed by atoms with E-state index in [1.54, 1.807) is 60.7 Å². The molecule has 0 fully saturated rings. The van der Waals surface area contributed by atoms with Gasteiger partial charge < -0.3 is 4.74 Å². The maximum absolute atomic E-state index is 11.8. The number of hydrogen-bond acceptors (Lipinski definition) is 4. The second-order valence-corrected chi connectivity index (χ2v) is 9.88. The molecule has 0 N–H and O–H groups in total. The van der Waals surface area contributed by atoms with Gasteiger partial charge in [-0.1, -0.05) is 23.2 Å². The summed E-state index contributed by atoms with van der Waals surface area (Å²) in [5.41, 5.74) is 2.35. The molecule has 4 rings (SSSR count). The van der Waals surface area contributed by atoms with E-state index >= 15 is 0 Å². The summed E-state index contributed by atoms with van der Waals surface area (Å²) in [6, 6.07) is 21.0. The normalized spacial score (nSPS) is 11.5. The van der Waals surface area contributed by atoms with E-state index in [0.717, 1.165) is 16.9 Å². The molecule has 0 amide bonds. The fourth-order valence-corrected chi connectivity index (χ4v) is 4.03. The van der Waals surface area contributed by atoms with Crippen LogP contribution in [-0.2, 0) is 9.84 Å². The highest BCUT2D eigenvalue weighted by atomic mass is 35.5. The molecule has 3 aromatic carbocycles. The van der Waals surface area contributed by atoms with Crippen molar-refractivity contribution in [2.45, 2.75) is 11.8 Å². The zero-order valence-electron chi connectivity index (χ0n) is 16.7. The minimum absolute atomic E-state index is 0.250. The molecule has 0 saturated carbocycles. The zero-order valence-corrected chi connectivity index (χ0v) is 19.0. The van der Waals surface area contributed by atoms with E-state index < -0.39 is 9.84 Å². The molecule has 1 heterocycles. The number of hydrogen-bond donors (Lipinski definition) is 0. The summed E-state index contributed by atoms with van der Waals surface area (Å²) < 4.78 is 31.6. The van der Waals surface area contributed by atoms with E-state index in [0.29, 0.717) is 27.5 Å². The van der Waals surface area contributed by atoms with Gasteiger partial charge in [-0.15, -0.1) is 0 Å². The van der Waals surface area contributed by atoms with Crippen LogP contribution in [-0.4, -0.2) is 24.2 Å². The van der Waals surface area contributed by atoms with E-state index in [1.165, 1.54) is 6.26 Å². The maximum atomic E-state index is 11.8. The lowest BCUT2D eigenvalue weighted by Crippen LogP contribution is -2.02. The molecular weight excluding hydrogens is 455 g/mol. The summed E-state index contributed by atoms with van der Waals surface area (Å²) in [6.07, 6.45) is 1.18. The summed E-state index contributed by atoms with van der Waals surface area (Å²) in [5, 5.41) is 1.23. The van der Waals surface area contributed by atoms with E-state index in [2.05, 4.69) is 0 Å². The van der Waals surface area contributed by atoms with Crippen LogP contribution in [0.25, 0.3) is 17.1 Å². The monoisotopic (exact) mass is 472 g/mol. The molecule has 0 spiro atoms. The Hall–Kier alpha value is -2.80. The minimum atomic E-state index is -3.29. The Labute approximate surface area is 190 Å². The van der Waals surface area contributed by atoms with E-state index in [-0.39, 0.29) is 4.90 Å². The molecule has 5 nitrogen and oxygen atoms in total. The van der Waals surface area contributed by atoms with Gasteiger partial charge in [-0.05, 0) is 79.7 Å². The van der Waals surface area contributed by atoms with Crippen LogP contribution < -0.4 is 4.74 Å². The summed E-state index contributed by atoms with van der Waals surface area (Å²) in [5.74, 6) is 1.68. The summed E-state index contributed by atoms with van der Waals surface area (Å²) in [4.78, 5) is 4.97. The predicted molar refractivity (Wildman–Crippen MR) is 123 cm³/mol. The number of imidazole rings is 1. The second-order valence-electron chi connectivity index (χ2n) is 6.99. The Morgan fingerprint density at radius 2 is 1.39 bits per heavy atom. The molecule has 0 bridgehead atoms. The highest BCUT2D eigenvalue weighted by Crippen LogP contribution is 2.33. The Kier molecular flexibility index (Phi) is 5.79. The van der Waals surface area contributed by atoms with Gasteiger partial charge >= 0.3 is 0 Å². The third kappa shape index (κ3) is 4.61. The number of ether oxygens (including phenoxy) is 1. The number of sulfone groups is 1. The smallest absolute Gasteiger partial charge is 0.241 e. The first kappa shape index (κ1) is 21.4. The molecule has 0 aliphatic heterocycles. The third-order valence-electron chi connectivity index (χ3n) is 4.72. The van der Waals surface area contributed by atoms with Crippen LogP contribution in [0.3, 0.4) is 0 Å². The maximum Gasteiger partial charge on any atom is 0.241 e. The lowest BCUT2D eigenvalue weighted by atomic mass is 10.2. The van der Waals surface area contributed by atoms with Crippen molar-refractivity contribution in [1.29, 1.82) is 0 Å². The minimum Gasteiger partial charge on any atom is -0.437 e. The molecular formula is C23H18Cl2N2O3S. The first-order valence-corrected chi connectivity index (χ1v) is 12.0. The number of halogens is 2. The average Bonchev–Trinajstić information content (AvgIpc) is 3.06. The van der Waals surface area contributed by atoms with Gasteiger partial charge in [-0.25, -0.2) is 8.42 Å². The first-order valence-electron chi connectivity index (χ1n) is 9.31. The van der Waals surface area contributed by atoms with Crippen molar-refractivity contribution >= 4 is 33.0 Å². The Morgan fingerprint density at radius 1 is 0.839 bits per heavy atom. The molecule has 0 radical (unpaired) electrons. The lowest BCUT2D eigenvalue weighted by molar-refractivity contribution is 0.461. The fraction of sp³-hybridized carbons (Fsp3) is 0.0870. The molecule has 0 aliphatic carbocycles. The van der Waals surface area contributed by atoms with Crippen molar-refractivity contribution in [3.05, 3.63) is 88.5 Å². The van der Waals surface area contributed by atoms with Crippen molar-refractivity contribution in [2.24, 2.45) is 0 Å². The van der Waals surface area contributed by atoms with Crippen molar-refractivity contribution in [3.8, 4) is 28.7 Å². The van der Waals surface area contributed by atoms with Crippen LogP contribution in [0.1, 0.15) is 5.69 Å². The van der Waals surface area contributed by atoms with Crippen molar-refractivity contribution in [3.63, 3.8) is 0 Å². The molecule has 8 heteroatoms. The highest BCUT2D eigenvalue weighted by molar-refractivity contribution is 7.90. The van der Waals surface area contributed by atoms with Crippen molar-refractivity contribution < 1.29 is 13.2 Å². The summed E-state index contributed by atoms with van der Waals surface area (Å²) in [6.45, 7) is 1.89. The number of benzene rings is 3. The summed E-state index contributed by atoms with van der Waals surface area (Å²) >= 11 is 12.0. The van der Waals surface area contributed by atoms with Gasteiger partial charge in [0.15, 0.2) is 9.84 Å². The number of nitrogens with zero attached hydrogens (tertiary/aromatic N) is 2. The summed E-state index contributed by atoms with van der Waals surface area (Å²) in [7, 11) is -3.29. The molecule has 158 valence electrons. The molecule has 0 saturated heterocycles. The average molecular weight is 473 g/mol. The molecule has 4 aromatic rings.